The molecule has 0 aliphatic carbocycles. The number of rotatable bonds is 3. The van der Waals surface area contributed by atoms with Crippen molar-refractivity contribution in [2.45, 2.75) is 32.4 Å². The topological polar surface area (TPSA) is 84.7 Å². The van der Waals surface area contributed by atoms with Crippen LogP contribution in [0, 0.1) is 6.92 Å². The minimum absolute atomic E-state index is 0.0114. The summed E-state index contributed by atoms with van der Waals surface area (Å²) < 4.78 is 10.2. The number of fused-ring (bicyclic) bond motifs is 3. The Hall–Kier alpha value is -2.83. The van der Waals surface area contributed by atoms with Crippen LogP contribution in [0.1, 0.15) is 34.7 Å². The van der Waals surface area contributed by atoms with E-state index in [1.807, 2.05) is 6.07 Å². The second kappa shape index (κ2) is 5.67. The number of hydrogen-bond acceptors (Lipinski definition) is 6. The first kappa shape index (κ1) is 14.7. The Kier molecular flexibility index (Phi) is 3.48. The number of nitrogens with one attached hydrogen (secondary N) is 1. The third-order valence-electron chi connectivity index (χ3n) is 4.38. The van der Waals surface area contributed by atoms with Gasteiger partial charge in [0.1, 0.15) is 6.04 Å². The molecule has 124 valence electrons. The molecule has 0 saturated carbocycles. The average Bonchev–Trinajstić information content (AvgIpc) is 3.21. The van der Waals surface area contributed by atoms with Gasteiger partial charge < -0.3 is 19.5 Å². The minimum Gasteiger partial charge on any atom is -0.454 e. The van der Waals surface area contributed by atoms with Crippen LogP contribution in [-0.4, -0.2) is 29.6 Å². The van der Waals surface area contributed by atoms with E-state index in [1.165, 1.54) is 0 Å². The lowest BCUT2D eigenvalue weighted by molar-refractivity contribution is -0.117. The predicted octanol–water partition coefficient (Wildman–Crippen LogP) is 2.26. The number of carbonyl (C=O) groups excluding carboxylic acids is 2. The predicted molar refractivity (Wildman–Crippen MR) is 85.8 cm³/mol. The van der Waals surface area contributed by atoms with Gasteiger partial charge in [-0.1, -0.05) is 5.16 Å². The smallest absolute Gasteiger partial charge is 0.338 e. The van der Waals surface area contributed by atoms with Crippen LogP contribution >= 0.6 is 0 Å². The molecule has 2 aliphatic heterocycles. The number of carbonyl (C=O) groups is 2. The number of benzene rings is 1. The van der Waals surface area contributed by atoms with Gasteiger partial charge in [0, 0.05) is 12.6 Å². The maximum Gasteiger partial charge on any atom is 0.338 e. The molecule has 2 aromatic rings. The Bertz CT molecular complexity index is 814. The highest BCUT2D eigenvalue weighted by Gasteiger charge is 2.36. The van der Waals surface area contributed by atoms with Gasteiger partial charge in [-0.15, -0.1) is 0 Å². The number of anilines is 2. The van der Waals surface area contributed by atoms with Crippen LogP contribution in [0.5, 0.6) is 0 Å². The van der Waals surface area contributed by atoms with Gasteiger partial charge in [0.25, 0.3) is 0 Å². The van der Waals surface area contributed by atoms with E-state index in [4.69, 9.17) is 9.26 Å². The molecular weight excluding hydrogens is 310 g/mol. The molecule has 0 unspecified atom stereocenters. The van der Waals surface area contributed by atoms with Gasteiger partial charge in [-0.3, -0.25) is 4.79 Å². The number of ether oxygens (including phenoxy) is 1. The molecule has 1 saturated heterocycles. The largest absolute Gasteiger partial charge is 0.454 e. The molecule has 2 aliphatic rings. The molecule has 1 aromatic heterocycles. The van der Waals surface area contributed by atoms with E-state index in [-0.39, 0.29) is 18.6 Å². The number of hydrogen-bond donors (Lipinski definition) is 1. The maximum absolute atomic E-state index is 12.2. The van der Waals surface area contributed by atoms with Gasteiger partial charge in [0.2, 0.25) is 5.91 Å². The average molecular weight is 327 g/mol. The first-order valence-electron chi connectivity index (χ1n) is 7.93. The van der Waals surface area contributed by atoms with Crippen LogP contribution in [0.15, 0.2) is 28.8 Å². The summed E-state index contributed by atoms with van der Waals surface area (Å²) in [5.41, 5.74) is 2.74. The summed E-state index contributed by atoms with van der Waals surface area (Å²) in [6.07, 6.45) is 1.86. The number of amides is 1. The van der Waals surface area contributed by atoms with Gasteiger partial charge >= 0.3 is 5.97 Å². The fourth-order valence-corrected chi connectivity index (χ4v) is 3.26. The molecule has 24 heavy (non-hydrogen) atoms. The van der Waals surface area contributed by atoms with Crippen molar-refractivity contribution in [2.24, 2.45) is 0 Å². The molecule has 0 radical (unpaired) electrons. The summed E-state index contributed by atoms with van der Waals surface area (Å²) >= 11 is 0. The Balaban J connectivity index is 1.51. The van der Waals surface area contributed by atoms with Gasteiger partial charge in [-0.25, -0.2) is 4.79 Å². The molecule has 1 fully saturated rings. The van der Waals surface area contributed by atoms with Crippen molar-refractivity contribution in [1.82, 2.24) is 5.16 Å². The first-order valence-corrected chi connectivity index (χ1v) is 7.93. The lowest BCUT2D eigenvalue weighted by atomic mass is 10.1. The normalized spacial score (nSPS) is 18.8. The van der Waals surface area contributed by atoms with E-state index >= 15 is 0 Å². The van der Waals surface area contributed by atoms with E-state index in [9.17, 15) is 9.59 Å². The Morgan fingerprint density at radius 3 is 3.12 bits per heavy atom. The van der Waals surface area contributed by atoms with E-state index < -0.39 is 5.97 Å². The van der Waals surface area contributed by atoms with Crippen LogP contribution in [0.3, 0.4) is 0 Å². The third-order valence-corrected chi connectivity index (χ3v) is 4.38. The van der Waals surface area contributed by atoms with Gasteiger partial charge in [0.15, 0.2) is 12.4 Å². The summed E-state index contributed by atoms with van der Waals surface area (Å²) in [4.78, 5) is 26.5. The molecule has 1 amide bonds. The molecule has 4 rings (SSSR count). The fraction of sp³-hybridized carbons (Fsp3) is 0.353. The van der Waals surface area contributed by atoms with Crippen LogP contribution in [0.25, 0.3) is 0 Å². The SMILES string of the molecule is Cc1cc(COC(=O)c2ccc3c(c2)NC(=O)[C@@H]2CCCN32)on1. The summed E-state index contributed by atoms with van der Waals surface area (Å²) in [5.74, 6) is 0.0133. The maximum atomic E-state index is 12.2. The number of aryl methyl sites for hydroxylation is 1. The lowest BCUT2D eigenvalue weighted by Gasteiger charge is -2.33. The van der Waals surface area contributed by atoms with Crippen LogP contribution in [0.2, 0.25) is 0 Å². The molecule has 0 spiro atoms. The van der Waals surface area contributed by atoms with Crippen molar-refractivity contribution in [3.63, 3.8) is 0 Å². The number of nitrogens with zero attached hydrogens (tertiary/aromatic N) is 2. The molecule has 1 aromatic carbocycles. The Morgan fingerprint density at radius 1 is 1.46 bits per heavy atom. The standard InChI is InChI=1S/C17H17N3O4/c1-10-7-12(24-19-10)9-23-17(22)11-4-5-14-13(8-11)18-16(21)15-3-2-6-20(14)15/h4-5,7-8,15H,2-3,6,9H2,1H3,(H,18,21)/t15-/m0/s1. The minimum atomic E-state index is -0.468. The molecule has 7 heteroatoms. The summed E-state index contributed by atoms with van der Waals surface area (Å²) in [5, 5.41) is 6.63. The van der Waals surface area contributed by atoms with Crippen molar-refractivity contribution in [1.29, 1.82) is 0 Å². The summed E-state index contributed by atoms with van der Waals surface area (Å²) in [7, 11) is 0. The fourth-order valence-electron chi connectivity index (χ4n) is 3.26. The van der Waals surface area contributed by atoms with Gasteiger partial charge in [0.05, 0.1) is 22.6 Å². The lowest BCUT2D eigenvalue weighted by Crippen LogP contribution is -2.43. The molecule has 7 nitrogen and oxygen atoms in total. The number of aromatic nitrogens is 1. The Labute approximate surface area is 138 Å². The third kappa shape index (κ3) is 2.51. The first-order chi connectivity index (χ1) is 11.6. The zero-order valence-electron chi connectivity index (χ0n) is 13.2. The van der Waals surface area contributed by atoms with Crippen molar-refractivity contribution in [3.8, 4) is 0 Å². The van der Waals surface area contributed by atoms with E-state index in [0.717, 1.165) is 30.8 Å². The van der Waals surface area contributed by atoms with E-state index in [0.29, 0.717) is 17.0 Å². The molecule has 3 heterocycles. The van der Waals surface area contributed by atoms with Crippen LogP contribution in [-0.2, 0) is 16.1 Å². The zero-order chi connectivity index (χ0) is 16.7. The van der Waals surface area contributed by atoms with Crippen molar-refractivity contribution in [3.05, 3.63) is 41.3 Å². The molecule has 1 N–H and O–H groups in total. The van der Waals surface area contributed by atoms with Crippen molar-refractivity contribution in [2.75, 3.05) is 16.8 Å². The molecular formula is C17H17N3O4. The number of esters is 1. The monoisotopic (exact) mass is 327 g/mol. The quantitative estimate of drug-likeness (QED) is 0.871. The van der Waals surface area contributed by atoms with Gasteiger partial charge in [-0.2, -0.15) is 0 Å². The van der Waals surface area contributed by atoms with E-state index in [2.05, 4.69) is 15.4 Å². The second-order valence-electron chi connectivity index (χ2n) is 6.08. The van der Waals surface area contributed by atoms with E-state index in [1.54, 1.807) is 25.1 Å². The summed E-state index contributed by atoms with van der Waals surface area (Å²) in [6, 6.07) is 6.87. The second-order valence-corrected chi connectivity index (χ2v) is 6.08. The van der Waals surface area contributed by atoms with Gasteiger partial charge in [-0.05, 0) is 38.0 Å². The highest BCUT2D eigenvalue weighted by molar-refractivity contribution is 6.05. The highest BCUT2D eigenvalue weighted by Crippen LogP contribution is 2.37. The highest BCUT2D eigenvalue weighted by atomic mass is 16.5. The molecule has 1 atom stereocenters. The van der Waals surface area contributed by atoms with Crippen LogP contribution in [0.4, 0.5) is 11.4 Å². The van der Waals surface area contributed by atoms with Crippen LogP contribution < -0.4 is 10.2 Å². The Morgan fingerprint density at radius 2 is 2.33 bits per heavy atom. The summed E-state index contributed by atoms with van der Waals surface area (Å²) in [6.45, 7) is 2.68. The van der Waals surface area contributed by atoms with Crippen molar-refractivity contribution < 1.29 is 18.8 Å². The zero-order valence-corrected chi connectivity index (χ0v) is 13.2. The molecule has 0 bridgehead atoms. The van der Waals surface area contributed by atoms with Crippen molar-refractivity contribution >= 4 is 23.3 Å².